The lowest BCUT2D eigenvalue weighted by molar-refractivity contribution is -0.126. The molecule has 0 saturated heterocycles. The number of amides is 1. The fourth-order valence-electron chi connectivity index (χ4n) is 3.26. The van der Waals surface area contributed by atoms with Gasteiger partial charge in [0.25, 0.3) is 0 Å². The van der Waals surface area contributed by atoms with E-state index < -0.39 is 0 Å². The van der Waals surface area contributed by atoms with Crippen molar-refractivity contribution in [3.8, 4) is 0 Å². The Kier molecular flexibility index (Phi) is 6.63. The van der Waals surface area contributed by atoms with Crippen molar-refractivity contribution in [2.45, 2.75) is 13.0 Å². The molecule has 5 nitrogen and oxygen atoms in total. The molecule has 5 heteroatoms. The third-order valence-electron chi connectivity index (χ3n) is 4.80. The van der Waals surface area contributed by atoms with Crippen LogP contribution in [0.3, 0.4) is 0 Å². The molecule has 0 spiro atoms. The largest absolute Gasteiger partial charge is 0.398 e. The Morgan fingerprint density at radius 1 is 1.17 bits per heavy atom. The van der Waals surface area contributed by atoms with Gasteiger partial charge in [-0.2, -0.15) is 0 Å². The molecule has 0 aliphatic heterocycles. The maximum Gasteiger partial charge on any atom is 0.246 e. The van der Waals surface area contributed by atoms with E-state index in [-0.39, 0.29) is 5.91 Å². The lowest BCUT2D eigenvalue weighted by atomic mass is 10.1. The molecule has 1 amide bonds. The van der Waals surface area contributed by atoms with Gasteiger partial charge >= 0.3 is 0 Å². The average Bonchev–Trinajstić information content (AvgIpc) is 2.76. The highest BCUT2D eigenvalue weighted by atomic mass is 16.2. The summed E-state index contributed by atoms with van der Waals surface area (Å²) in [6, 6.07) is 15.8. The van der Waals surface area contributed by atoms with E-state index in [4.69, 9.17) is 5.73 Å². The molecular weight excluding hydrogens is 360 g/mol. The minimum Gasteiger partial charge on any atom is -0.398 e. The fraction of sp³-hybridized carbons (Fsp3) is 0.167. The third-order valence-corrected chi connectivity index (χ3v) is 4.80. The van der Waals surface area contributed by atoms with Crippen molar-refractivity contribution >= 4 is 34.3 Å². The van der Waals surface area contributed by atoms with Gasteiger partial charge in [-0.05, 0) is 47.9 Å². The number of hydrogen-bond acceptors (Lipinski definition) is 4. The molecule has 0 unspecified atom stereocenters. The van der Waals surface area contributed by atoms with Crippen molar-refractivity contribution in [1.29, 1.82) is 0 Å². The lowest BCUT2D eigenvalue weighted by Gasteiger charge is -2.22. The quantitative estimate of drug-likeness (QED) is 0.323. The lowest BCUT2D eigenvalue weighted by Crippen LogP contribution is -2.31. The number of nitrogen functional groups attached to an aromatic ring is 1. The van der Waals surface area contributed by atoms with E-state index in [0.717, 1.165) is 40.7 Å². The van der Waals surface area contributed by atoms with Crippen molar-refractivity contribution in [3.63, 3.8) is 0 Å². The van der Waals surface area contributed by atoms with Gasteiger partial charge in [-0.3, -0.25) is 9.78 Å². The van der Waals surface area contributed by atoms with Crippen LogP contribution in [0.25, 0.3) is 17.0 Å². The number of anilines is 2. The van der Waals surface area contributed by atoms with Crippen molar-refractivity contribution in [1.82, 2.24) is 9.88 Å². The van der Waals surface area contributed by atoms with E-state index in [9.17, 15) is 4.79 Å². The first kappa shape index (κ1) is 20.1. The van der Waals surface area contributed by atoms with Crippen LogP contribution in [0.4, 0.5) is 11.4 Å². The van der Waals surface area contributed by atoms with Crippen LogP contribution in [0.15, 0.2) is 74.0 Å². The van der Waals surface area contributed by atoms with Crippen molar-refractivity contribution < 1.29 is 4.79 Å². The predicted molar refractivity (Wildman–Crippen MR) is 121 cm³/mol. The van der Waals surface area contributed by atoms with Gasteiger partial charge in [0.2, 0.25) is 5.91 Å². The number of para-hydroxylation sites is 1. The summed E-state index contributed by atoms with van der Waals surface area (Å²) in [5.41, 5.74) is 10.5. The van der Waals surface area contributed by atoms with Gasteiger partial charge in [-0.25, -0.2) is 0 Å². The highest BCUT2D eigenvalue weighted by Gasteiger charge is 2.11. The summed E-state index contributed by atoms with van der Waals surface area (Å²) in [5.74, 6) is -0.0867. The van der Waals surface area contributed by atoms with Crippen LogP contribution in [-0.2, 0) is 11.3 Å². The first-order chi connectivity index (χ1) is 14.1. The van der Waals surface area contributed by atoms with Crippen LogP contribution in [-0.4, -0.2) is 28.9 Å². The Hall–Kier alpha value is -3.60. The van der Waals surface area contributed by atoms with Crippen LogP contribution in [0.5, 0.6) is 0 Å². The number of fused-ring (bicyclic) bond motifs is 1. The van der Waals surface area contributed by atoms with Gasteiger partial charge in [0.1, 0.15) is 0 Å². The van der Waals surface area contributed by atoms with E-state index in [2.05, 4.69) is 29.5 Å². The normalized spacial score (nSPS) is 10.5. The minimum absolute atomic E-state index is 0.0867. The number of carbonyl (C=O) groups excluding carboxylic acids is 1. The number of hydrogen-bond donors (Lipinski definition) is 2. The first-order valence-electron chi connectivity index (χ1n) is 9.62. The molecule has 148 valence electrons. The Morgan fingerprint density at radius 3 is 2.79 bits per heavy atom. The number of carbonyl (C=O) groups is 1. The monoisotopic (exact) mass is 386 g/mol. The maximum absolute atomic E-state index is 12.3. The van der Waals surface area contributed by atoms with Crippen LogP contribution >= 0.6 is 0 Å². The van der Waals surface area contributed by atoms with Crippen LogP contribution < -0.4 is 11.1 Å². The number of aromatic nitrogens is 1. The van der Waals surface area contributed by atoms with Crippen LogP contribution in [0.1, 0.15) is 17.5 Å². The Labute approximate surface area is 171 Å². The van der Waals surface area contributed by atoms with Crippen molar-refractivity contribution in [2.75, 3.05) is 24.1 Å². The predicted octanol–water partition coefficient (Wildman–Crippen LogP) is 4.48. The summed E-state index contributed by atoms with van der Waals surface area (Å²) in [6.07, 6.45) is 5.69. The van der Waals surface area contributed by atoms with Crippen molar-refractivity contribution in [3.05, 3.63) is 85.1 Å². The van der Waals surface area contributed by atoms with Gasteiger partial charge < -0.3 is 16.0 Å². The molecule has 0 aliphatic carbocycles. The summed E-state index contributed by atoms with van der Waals surface area (Å²) in [7, 11) is 0. The molecule has 1 heterocycles. The zero-order chi connectivity index (χ0) is 20.6. The zero-order valence-electron chi connectivity index (χ0n) is 16.5. The summed E-state index contributed by atoms with van der Waals surface area (Å²) < 4.78 is 0. The number of nitrogens with one attached hydrogen (secondary N) is 1. The molecule has 0 atom stereocenters. The first-order valence-corrected chi connectivity index (χ1v) is 9.62. The number of benzene rings is 2. The fourth-order valence-corrected chi connectivity index (χ4v) is 3.26. The van der Waals surface area contributed by atoms with Crippen LogP contribution in [0, 0.1) is 0 Å². The molecule has 29 heavy (non-hydrogen) atoms. The SMILES string of the molecule is C=CC(=O)N(CCCNc1ccnc2ccccc12)Cc1ccc(N)c(C=C)c1. The number of nitrogens with zero attached hydrogens (tertiary/aromatic N) is 2. The third kappa shape index (κ3) is 5.02. The molecule has 0 radical (unpaired) electrons. The van der Waals surface area contributed by atoms with E-state index in [1.165, 1.54) is 6.08 Å². The molecule has 2 aromatic carbocycles. The summed E-state index contributed by atoms with van der Waals surface area (Å²) in [4.78, 5) is 18.5. The molecule has 3 aromatic rings. The standard InChI is InChI=1S/C24H26N4O/c1-3-19-16-18(10-11-21(19)25)17-28(24(29)4-2)15-7-13-26-23-12-14-27-22-9-6-5-8-20(22)23/h3-6,8-12,14,16H,1-2,7,13,15,17,25H2,(H,26,27). The Balaban J connectivity index is 1.61. The average molecular weight is 386 g/mol. The molecule has 0 aliphatic rings. The molecule has 0 bridgehead atoms. The van der Waals surface area contributed by atoms with Gasteiger partial charge in [0, 0.05) is 42.6 Å². The van der Waals surface area contributed by atoms with Crippen LogP contribution in [0.2, 0.25) is 0 Å². The van der Waals surface area contributed by atoms with E-state index in [1.54, 1.807) is 17.2 Å². The second kappa shape index (κ2) is 9.55. The topological polar surface area (TPSA) is 71.2 Å². The molecule has 0 fully saturated rings. The molecular formula is C24H26N4O. The highest BCUT2D eigenvalue weighted by Crippen LogP contribution is 2.21. The van der Waals surface area contributed by atoms with Gasteiger partial charge in [-0.15, -0.1) is 0 Å². The van der Waals surface area contributed by atoms with Gasteiger partial charge in [-0.1, -0.05) is 43.5 Å². The maximum atomic E-state index is 12.3. The Morgan fingerprint density at radius 2 is 2.00 bits per heavy atom. The zero-order valence-corrected chi connectivity index (χ0v) is 16.5. The second-order valence-electron chi connectivity index (χ2n) is 6.79. The van der Waals surface area contributed by atoms with Gasteiger partial charge in [0.15, 0.2) is 0 Å². The number of nitrogens with two attached hydrogens (primary N) is 1. The number of pyridine rings is 1. The van der Waals surface area contributed by atoms with E-state index in [0.29, 0.717) is 18.8 Å². The molecule has 3 rings (SSSR count). The molecule has 0 saturated carbocycles. The van der Waals surface area contributed by atoms with Gasteiger partial charge in [0.05, 0.1) is 5.52 Å². The Bertz CT molecular complexity index is 1020. The second-order valence-corrected chi connectivity index (χ2v) is 6.79. The smallest absolute Gasteiger partial charge is 0.246 e. The van der Waals surface area contributed by atoms with E-state index >= 15 is 0 Å². The summed E-state index contributed by atoms with van der Waals surface area (Å²) in [5, 5.41) is 4.55. The molecule has 3 N–H and O–H groups in total. The highest BCUT2D eigenvalue weighted by molar-refractivity contribution is 5.90. The summed E-state index contributed by atoms with van der Waals surface area (Å²) in [6.45, 7) is 9.28. The van der Waals surface area contributed by atoms with E-state index in [1.807, 2.05) is 42.5 Å². The number of rotatable bonds is 9. The van der Waals surface area contributed by atoms with Crippen molar-refractivity contribution in [2.24, 2.45) is 0 Å². The molecule has 1 aromatic heterocycles. The minimum atomic E-state index is -0.0867. The summed E-state index contributed by atoms with van der Waals surface area (Å²) >= 11 is 0.